The van der Waals surface area contributed by atoms with Gasteiger partial charge >= 0.3 is 0 Å². The van der Waals surface area contributed by atoms with E-state index in [1.54, 1.807) is 24.2 Å². The molecule has 0 bridgehead atoms. The van der Waals surface area contributed by atoms with Gasteiger partial charge in [0, 0.05) is 11.8 Å². The van der Waals surface area contributed by atoms with Crippen molar-refractivity contribution in [2.45, 2.75) is 56.3 Å². The number of aromatic nitrogens is 1. The smallest absolute Gasteiger partial charge is 0.255 e. The van der Waals surface area contributed by atoms with E-state index in [2.05, 4.69) is 24.1 Å². The van der Waals surface area contributed by atoms with Crippen molar-refractivity contribution in [1.82, 2.24) is 10.3 Å². The maximum atomic E-state index is 12.0. The molecular weight excluding hydrogens is 274 g/mol. The van der Waals surface area contributed by atoms with Crippen LogP contribution in [-0.4, -0.2) is 28.2 Å². The summed E-state index contributed by atoms with van der Waals surface area (Å²) in [6, 6.07) is 0.252. The first-order valence-electron chi connectivity index (χ1n) is 7.14. The highest BCUT2D eigenvalue weighted by atomic mass is 32.2. The molecule has 1 aliphatic carbocycles. The van der Waals surface area contributed by atoms with Gasteiger partial charge in [-0.1, -0.05) is 18.2 Å². The fraction of sp³-hybridized carbons (Fsp3) is 0.714. The molecule has 2 unspecified atom stereocenters. The summed E-state index contributed by atoms with van der Waals surface area (Å²) in [5.74, 6) is 0.972. The van der Waals surface area contributed by atoms with E-state index in [1.165, 1.54) is 0 Å². The van der Waals surface area contributed by atoms with Crippen LogP contribution in [-0.2, 0) is 4.79 Å². The largest absolute Gasteiger partial charge is 0.440 e. The van der Waals surface area contributed by atoms with Crippen LogP contribution in [0.2, 0.25) is 0 Å². The molecule has 1 heterocycles. The molecular formula is C14H23N3O2S. The average molecular weight is 297 g/mol. The normalized spacial score (nSPS) is 26.2. The first kappa shape index (κ1) is 15.4. The molecule has 1 aromatic heterocycles. The molecule has 1 saturated carbocycles. The van der Waals surface area contributed by atoms with E-state index in [-0.39, 0.29) is 11.9 Å². The van der Waals surface area contributed by atoms with Crippen molar-refractivity contribution in [2.75, 3.05) is 5.75 Å². The quantitative estimate of drug-likeness (QED) is 0.754. The molecule has 3 N–H and O–H groups in total. The van der Waals surface area contributed by atoms with E-state index >= 15 is 0 Å². The molecule has 5 nitrogen and oxygen atoms in total. The van der Waals surface area contributed by atoms with Gasteiger partial charge in [-0.15, -0.1) is 0 Å². The lowest BCUT2D eigenvalue weighted by Gasteiger charge is -2.35. The zero-order chi connectivity index (χ0) is 14.6. The summed E-state index contributed by atoms with van der Waals surface area (Å²) in [7, 11) is 0. The Kier molecular flexibility index (Phi) is 5.10. The Balaban J connectivity index is 1.95. The van der Waals surface area contributed by atoms with Crippen LogP contribution < -0.4 is 11.1 Å². The van der Waals surface area contributed by atoms with Crippen molar-refractivity contribution in [3.8, 4) is 0 Å². The van der Waals surface area contributed by atoms with Crippen molar-refractivity contribution < 1.29 is 9.21 Å². The number of hydrogen-bond acceptors (Lipinski definition) is 5. The Hall–Kier alpha value is -1.01. The Morgan fingerprint density at radius 1 is 1.70 bits per heavy atom. The molecule has 1 aliphatic rings. The number of primary amides is 1. The van der Waals surface area contributed by atoms with Crippen molar-refractivity contribution in [2.24, 2.45) is 11.7 Å². The number of rotatable bonds is 7. The van der Waals surface area contributed by atoms with Crippen molar-refractivity contribution in [3.63, 3.8) is 0 Å². The second-order valence-corrected chi connectivity index (χ2v) is 6.71. The van der Waals surface area contributed by atoms with E-state index in [0.717, 1.165) is 31.4 Å². The summed E-state index contributed by atoms with van der Waals surface area (Å²) < 4.78 is 5.21. The van der Waals surface area contributed by atoms with Crippen molar-refractivity contribution in [1.29, 1.82) is 0 Å². The third-order valence-corrected chi connectivity index (χ3v) is 4.80. The Morgan fingerprint density at radius 3 is 3.10 bits per heavy atom. The van der Waals surface area contributed by atoms with Crippen LogP contribution in [0.1, 0.15) is 39.5 Å². The highest BCUT2D eigenvalue weighted by Gasteiger charge is 2.47. The lowest BCUT2D eigenvalue weighted by atomic mass is 9.83. The lowest BCUT2D eigenvalue weighted by Crippen LogP contribution is -2.60. The van der Waals surface area contributed by atoms with Gasteiger partial charge in [0.15, 0.2) is 0 Å². The maximum Gasteiger partial charge on any atom is 0.255 e. The third kappa shape index (κ3) is 3.35. The van der Waals surface area contributed by atoms with Gasteiger partial charge in [0.2, 0.25) is 5.91 Å². The van der Waals surface area contributed by atoms with E-state index in [4.69, 9.17) is 10.2 Å². The van der Waals surface area contributed by atoms with Crippen LogP contribution in [0.5, 0.6) is 0 Å². The van der Waals surface area contributed by atoms with E-state index in [1.807, 2.05) is 0 Å². The van der Waals surface area contributed by atoms with Gasteiger partial charge in [0.1, 0.15) is 11.8 Å². The number of carbonyl (C=O) groups is 1. The molecule has 1 aromatic rings. The van der Waals surface area contributed by atoms with Crippen LogP contribution in [0.25, 0.3) is 0 Å². The summed E-state index contributed by atoms with van der Waals surface area (Å²) in [6.45, 7) is 4.11. The minimum absolute atomic E-state index is 0.213. The molecule has 2 rings (SSSR count). The number of nitrogens with two attached hydrogens (primary N) is 1. The number of hydrogen-bond donors (Lipinski definition) is 2. The van der Waals surface area contributed by atoms with Crippen LogP contribution in [0, 0.1) is 5.92 Å². The molecule has 1 fully saturated rings. The minimum atomic E-state index is -0.536. The second kappa shape index (κ2) is 6.63. The number of amides is 1. The van der Waals surface area contributed by atoms with Gasteiger partial charge in [-0.2, -0.15) is 0 Å². The predicted octanol–water partition coefficient (Wildman–Crippen LogP) is 2.18. The first-order valence-corrected chi connectivity index (χ1v) is 8.13. The van der Waals surface area contributed by atoms with Gasteiger partial charge in [-0.25, -0.2) is 4.98 Å². The van der Waals surface area contributed by atoms with Gasteiger partial charge < -0.3 is 15.5 Å². The van der Waals surface area contributed by atoms with Gasteiger partial charge in [0.25, 0.3) is 5.22 Å². The van der Waals surface area contributed by atoms with Crippen LogP contribution in [0.15, 0.2) is 22.1 Å². The number of oxazole rings is 1. The summed E-state index contributed by atoms with van der Waals surface area (Å²) in [5.41, 5.74) is 5.16. The van der Waals surface area contributed by atoms with Crippen molar-refractivity contribution >= 4 is 17.7 Å². The monoisotopic (exact) mass is 297 g/mol. The third-order valence-electron chi connectivity index (χ3n) is 3.91. The van der Waals surface area contributed by atoms with Crippen LogP contribution >= 0.6 is 11.8 Å². The zero-order valence-corrected chi connectivity index (χ0v) is 12.9. The number of nitrogens with one attached hydrogen (secondary N) is 1. The highest BCUT2D eigenvalue weighted by Crippen LogP contribution is 2.39. The Bertz CT molecular complexity index is 436. The minimum Gasteiger partial charge on any atom is -0.440 e. The molecule has 6 heteroatoms. The first-order chi connectivity index (χ1) is 9.54. The SMILES string of the molecule is CC(C)NC1(C(N)=O)CCCC1CCSc1ncco1. The highest BCUT2D eigenvalue weighted by molar-refractivity contribution is 7.99. The summed E-state index contributed by atoms with van der Waals surface area (Å²) in [6.07, 6.45) is 7.11. The molecule has 0 aliphatic heterocycles. The Labute approximate surface area is 124 Å². The average Bonchev–Trinajstić information content (AvgIpc) is 2.99. The van der Waals surface area contributed by atoms with Crippen molar-refractivity contribution in [3.05, 3.63) is 12.5 Å². The van der Waals surface area contributed by atoms with E-state index in [0.29, 0.717) is 11.1 Å². The Morgan fingerprint density at radius 2 is 2.50 bits per heavy atom. The zero-order valence-electron chi connectivity index (χ0n) is 12.1. The molecule has 0 radical (unpaired) electrons. The van der Waals surface area contributed by atoms with E-state index in [9.17, 15) is 4.79 Å². The molecule has 0 saturated heterocycles. The van der Waals surface area contributed by atoms with Gasteiger partial charge in [-0.3, -0.25) is 4.79 Å². The summed E-state index contributed by atoms with van der Waals surface area (Å²) >= 11 is 1.59. The predicted molar refractivity (Wildman–Crippen MR) is 79.4 cm³/mol. The molecule has 0 spiro atoms. The summed E-state index contributed by atoms with van der Waals surface area (Å²) in [5, 5.41) is 4.11. The topological polar surface area (TPSA) is 81.1 Å². The van der Waals surface area contributed by atoms with Gasteiger partial charge in [0.05, 0.1) is 6.20 Å². The molecule has 20 heavy (non-hydrogen) atoms. The summed E-state index contributed by atoms with van der Waals surface area (Å²) in [4.78, 5) is 16.1. The van der Waals surface area contributed by atoms with Gasteiger partial charge in [-0.05, 0) is 39.0 Å². The number of carbonyl (C=O) groups excluding carboxylic acids is 1. The fourth-order valence-corrected chi connectivity index (χ4v) is 3.98. The van der Waals surface area contributed by atoms with Crippen LogP contribution in [0.3, 0.4) is 0 Å². The molecule has 112 valence electrons. The molecule has 2 atom stereocenters. The molecule has 1 amide bonds. The number of nitrogens with zero attached hydrogens (tertiary/aromatic N) is 1. The standard InChI is InChI=1S/C14H23N3O2S/c1-10(2)17-14(12(15)18)6-3-4-11(14)5-9-20-13-16-7-8-19-13/h7-8,10-11,17H,3-6,9H2,1-2H3,(H2,15,18). The lowest BCUT2D eigenvalue weighted by molar-refractivity contribution is -0.126. The maximum absolute atomic E-state index is 12.0. The second-order valence-electron chi connectivity index (χ2n) is 5.66. The molecule has 0 aromatic carbocycles. The number of thioether (sulfide) groups is 1. The van der Waals surface area contributed by atoms with Crippen LogP contribution in [0.4, 0.5) is 0 Å². The fourth-order valence-electron chi connectivity index (χ4n) is 3.14. The van der Waals surface area contributed by atoms with E-state index < -0.39 is 5.54 Å².